The van der Waals surface area contributed by atoms with Gasteiger partial charge in [0.15, 0.2) is 0 Å². The van der Waals surface area contributed by atoms with E-state index in [9.17, 15) is 9.59 Å². The number of carboxylic acid groups (broad SMARTS) is 1. The van der Waals surface area contributed by atoms with Crippen molar-refractivity contribution in [1.82, 2.24) is 4.90 Å². The Morgan fingerprint density at radius 2 is 1.89 bits per heavy atom. The number of nitrogens with zero attached hydrogens (tertiary/aromatic N) is 1. The van der Waals surface area contributed by atoms with Crippen molar-refractivity contribution in [3.05, 3.63) is 29.8 Å². The maximum Gasteiger partial charge on any atom is 0.303 e. The quantitative estimate of drug-likeness (QED) is 0.779. The van der Waals surface area contributed by atoms with E-state index >= 15 is 0 Å². The van der Waals surface area contributed by atoms with Gasteiger partial charge in [0.05, 0.1) is 6.42 Å². The average molecular weight is 262 g/mol. The van der Waals surface area contributed by atoms with Gasteiger partial charge in [0.25, 0.3) is 0 Å². The Hall–Kier alpha value is -2.04. The summed E-state index contributed by atoms with van der Waals surface area (Å²) >= 11 is 0. The first-order valence-electron chi connectivity index (χ1n) is 6.38. The van der Waals surface area contributed by atoms with Gasteiger partial charge in [0, 0.05) is 31.1 Å². The van der Waals surface area contributed by atoms with Gasteiger partial charge in [-0.05, 0) is 24.1 Å². The normalized spacial score (nSPS) is 15.1. The molecule has 3 N–H and O–H groups in total. The number of aliphatic carboxylic acids is 1. The van der Waals surface area contributed by atoms with Gasteiger partial charge in [0.1, 0.15) is 0 Å². The van der Waals surface area contributed by atoms with E-state index in [2.05, 4.69) is 0 Å². The zero-order chi connectivity index (χ0) is 13.8. The first kappa shape index (κ1) is 13.4. The monoisotopic (exact) mass is 262 g/mol. The molecule has 5 heteroatoms. The molecular formula is C14H18N2O3. The summed E-state index contributed by atoms with van der Waals surface area (Å²) in [6, 6.07) is 7.50. The fourth-order valence-electron chi connectivity index (χ4n) is 2.24. The van der Waals surface area contributed by atoms with Gasteiger partial charge >= 0.3 is 5.97 Å². The van der Waals surface area contributed by atoms with Crippen LogP contribution >= 0.6 is 0 Å². The van der Waals surface area contributed by atoms with Crippen LogP contribution in [0.15, 0.2) is 24.3 Å². The van der Waals surface area contributed by atoms with Crippen molar-refractivity contribution >= 4 is 17.6 Å². The minimum Gasteiger partial charge on any atom is -0.481 e. The Bertz CT molecular complexity index is 464. The van der Waals surface area contributed by atoms with Crippen LogP contribution in [0.4, 0.5) is 5.69 Å². The number of rotatable bonds is 5. The van der Waals surface area contributed by atoms with E-state index in [0.29, 0.717) is 31.6 Å². The number of carbonyl (C=O) groups excluding carboxylic acids is 1. The maximum atomic E-state index is 11.9. The van der Waals surface area contributed by atoms with Gasteiger partial charge in [0.2, 0.25) is 5.91 Å². The molecule has 0 aromatic heterocycles. The zero-order valence-corrected chi connectivity index (χ0v) is 10.7. The van der Waals surface area contributed by atoms with Gasteiger partial charge in [-0.2, -0.15) is 0 Å². The van der Waals surface area contributed by atoms with Crippen LogP contribution in [0.2, 0.25) is 0 Å². The van der Waals surface area contributed by atoms with Gasteiger partial charge in [-0.15, -0.1) is 0 Å². The fraction of sp³-hybridized carbons (Fsp3) is 0.429. The third kappa shape index (κ3) is 3.71. The highest BCUT2D eigenvalue weighted by Gasteiger charge is 2.31. The molecule has 0 unspecified atom stereocenters. The van der Waals surface area contributed by atoms with Crippen LogP contribution in [0.3, 0.4) is 0 Å². The molecule has 2 rings (SSSR count). The van der Waals surface area contributed by atoms with Crippen molar-refractivity contribution in [1.29, 1.82) is 0 Å². The number of hydrogen-bond donors (Lipinski definition) is 2. The minimum atomic E-state index is -0.793. The van der Waals surface area contributed by atoms with Gasteiger partial charge < -0.3 is 15.7 Å². The van der Waals surface area contributed by atoms with E-state index < -0.39 is 5.97 Å². The summed E-state index contributed by atoms with van der Waals surface area (Å²) in [6.45, 7) is 1.15. The number of nitrogens with two attached hydrogens (primary N) is 1. The second kappa shape index (κ2) is 5.73. The molecule has 0 radical (unpaired) electrons. The number of hydrogen-bond acceptors (Lipinski definition) is 3. The molecule has 1 fully saturated rings. The Morgan fingerprint density at radius 3 is 2.47 bits per heavy atom. The number of likely N-dealkylation sites (tertiary alicyclic amines) is 1. The van der Waals surface area contributed by atoms with Gasteiger partial charge in [-0.25, -0.2) is 0 Å². The highest BCUT2D eigenvalue weighted by molar-refractivity contribution is 5.77. The van der Waals surface area contributed by atoms with Crippen LogP contribution < -0.4 is 5.73 Å². The van der Waals surface area contributed by atoms with Crippen LogP contribution in [0.5, 0.6) is 0 Å². The van der Waals surface area contributed by atoms with Crippen molar-refractivity contribution < 1.29 is 14.7 Å². The van der Waals surface area contributed by atoms with Crippen LogP contribution in [0, 0.1) is 5.92 Å². The summed E-state index contributed by atoms with van der Waals surface area (Å²) in [5.74, 6) is -0.574. The molecule has 0 atom stereocenters. The Kier molecular flexibility index (Phi) is 4.04. The number of benzene rings is 1. The lowest BCUT2D eigenvalue weighted by molar-refractivity contribution is -0.145. The molecule has 1 heterocycles. The summed E-state index contributed by atoms with van der Waals surface area (Å²) < 4.78 is 0. The molecule has 102 valence electrons. The first-order chi connectivity index (χ1) is 9.04. The molecule has 1 aliphatic heterocycles. The molecule has 19 heavy (non-hydrogen) atoms. The van der Waals surface area contributed by atoms with Crippen molar-refractivity contribution in [2.75, 3.05) is 18.8 Å². The summed E-state index contributed by atoms with van der Waals surface area (Å²) in [7, 11) is 0. The lowest BCUT2D eigenvalue weighted by atomic mass is 9.95. The van der Waals surface area contributed by atoms with Crippen LogP contribution in [0.25, 0.3) is 0 Å². The molecule has 0 spiro atoms. The predicted octanol–water partition coefficient (Wildman–Crippen LogP) is 1.13. The van der Waals surface area contributed by atoms with Crippen LogP contribution in [-0.4, -0.2) is 35.0 Å². The molecule has 1 aromatic rings. The number of anilines is 1. The molecule has 1 aliphatic rings. The number of nitrogen functional groups attached to an aromatic ring is 1. The number of aryl methyl sites for hydroxylation is 1. The molecule has 1 amide bonds. The summed E-state index contributed by atoms with van der Waals surface area (Å²) in [5, 5.41) is 8.63. The van der Waals surface area contributed by atoms with Crippen molar-refractivity contribution in [3.63, 3.8) is 0 Å². The summed E-state index contributed by atoms with van der Waals surface area (Å²) in [4.78, 5) is 24.1. The predicted molar refractivity (Wildman–Crippen MR) is 71.5 cm³/mol. The average Bonchev–Trinajstić information content (AvgIpc) is 2.32. The largest absolute Gasteiger partial charge is 0.481 e. The number of carbonyl (C=O) groups is 2. The van der Waals surface area contributed by atoms with Crippen molar-refractivity contribution in [3.8, 4) is 0 Å². The fourth-order valence-corrected chi connectivity index (χ4v) is 2.24. The Labute approximate surface area is 112 Å². The van der Waals surface area contributed by atoms with E-state index in [1.54, 1.807) is 4.90 Å². The van der Waals surface area contributed by atoms with Gasteiger partial charge in [-0.1, -0.05) is 12.1 Å². The molecule has 0 bridgehead atoms. The summed E-state index contributed by atoms with van der Waals surface area (Å²) in [6.07, 6.45) is 1.31. The zero-order valence-electron chi connectivity index (χ0n) is 10.7. The molecule has 1 saturated heterocycles. The van der Waals surface area contributed by atoms with Crippen LogP contribution in [0.1, 0.15) is 18.4 Å². The van der Waals surface area contributed by atoms with Crippen molar-refractivity contribution in [2.24, 2.45) is 5.92 Å². The van der Waals surface area contributed by atoms with Crippen LogP contribution in [-0.2, 0) is 16.0 Å². The maximum absolute atomic E-state index is 11.9. The lowest BCUT2D eigenvalue weighted by Crippen LogP contribution is -2.50. The van der Waals surface area contributed by atoms with E-state index in [0.717, 1.165) is 5.56 Å². The highest BCUT2D eigenvalue weighted by atomic mass is 16.4. The second-order valence-electron chi connectivity index (χ2n) is 5.00. The second-order valence-corrected chi connectivity index (χ2v) is 5.00. The minimum absolute atomic E-state index is 0.0958. The molecule has 0 saturated carbocycles. The Morgan fingerprint density at radius 1 is 1.26 bits per heavy atom. The third-order valence-corrected chi connectivity index (χ3v) is 3.38. The molecule has 1 aromatic carbocycles. The van der Waals surface area contributed by atoms with Gasteiger partial charge in [-0.3, -0.25) is 9.59 Å². The number of carboxylic acids is 1. The van der Waals surface area contributed by atoms with E-state index in [1.165, 1.54) is 0 Å². The van der Waals surface area contributed by atoms with Crippen molar-refractivity contribution in [2.45, 2.75) is 19.3 Å². The topological polar surface area (TPSA) is 83.6 Å². The first-order valence-corrected chi connectivity index (χ1v) is 6.38. The SMILES string of the molecule is Nc1ccc(CCC(=O)N2CC(CC(=O)O)C2)cc1. The molecule has 5 nitrogen and oxygen atoms in total. The van der Waals surface area contributed by atoms with E-state index in [4.69, 9.17) is 10.8 Å². The smallest absolute Gasteiger partial charge is 0.303 e. The van der Waals surface area contributed by atoms with E-state index in [1.807, 2.05) is 24.3 Å². The number of amides is 1. The highest BCUT2D eigenvalue weighted by Crippen LogP contribution is 2.20. The Balaban J connectivity index is 1.71. The molecular weight excluding hydrogens is 244 g/mol. The third-order valence-electron chi connectivity index (χ3n) is 3.38. The standard InChI is InChI=1S/C14H18N2O3/c15-12-4-1-10(2-5-12)3-6-13(17)16-8-11(9-16)7-14(18)19/h1-2,4-5,11H,3,6-9,15H2,(H,18,19). The van der Waals surface area contributed by atoms with E-state index in [-0.39, 0.29) is 18.2 Å². The summed E-state index contributed by atoms with van der Waals surface area (Å²) in [5.41, 5.74) is 7.40. The lowest BCUT2D eigenvalue weighted by Gasteiger charge is -2.38. The molecule has 0 aliphatic carbocycles.